The van der Waals surface area contributed by atoms with Crippen molar-refractivity contribution in [1.29, 1.82) is 0 Å². The van der Waals surface area contributed by atoms with E-state index >= 15 is 0 Å². The molecule has 2 bridgehead atoms. The summed E-state index contributed by atoms with van der Waals surface area (Å²) >= 11 is 0. The average Bonchev–Trinajstić information content (AvgIpc) is 3.03. The summed E-state index contributed by atoms with van der Waals surface area (Å²) in [5.41, 5.74) is -0.427. The van der Waals surface area contributed by atoms with Gasteiger partial charge in [0.05, 0.1) is 12.2 Å². The number of fused-ring (bicyclic) bond motifs is 5. The third kappa shape index (κ3) is 4.56. The van der Waals surface area contributed by atoms with Crippen molar-refractivity contribution in [3.63, 3.8) is 0 Å². The number of ether oxygens (including phenoxy) is 4. The molecular formula is C25H40O6. The number of hydrogen-bond donors (Lipinski definition) is 0. The zero-order valence-corrected chi connectivity index (χ0v) is 20.2. The highest BCUT2D eigenvalue weighted by atomic mass is 16.6. The van der Waals surface area contributed by atoms with Crippen LogP contribution < -0.4 is 0 Å². The highest BCUT2D eigenvalue weighted by Gasteiger charge is 2.64. The lowest BCUT2D eigenvalue weighted by atomic mass is 9.57. The SMILES string of the molecule is C=C1CC2OC(C3C(C(C)C)CCC(C)(OC(C)=O)C23)C(C)(OC(C)=O)CCC1OC. The lowest BCUT2D eigenvalue weighted by Crippen LogP contribution is -2.56. The second-order valence-corrected chi connectivity index (χ2v) is 10.6. The van der Waals surface area contributed by atoms with Crippen LogP contribution in [0.1, 0.15) is 73.6 Å². The molecule has 1 aliphatic carbocycles. The summed E-state index contributed by atoms with van der Waals surface area (Å²) in [6.45, 7) is 15.8. The van der Waals surface area contributed by atoms with Gasteiger partial charge in [0.25, 0.3) is 0 Å². The van der Waals surface area contributed by atoms with E-state index in [1.54, 1.807) is 7.11 Å². The Morgan fingerprint density at radius 3 is 2.19 bits per heavy atom. The van der Waals surface area contributed by atoms with Crippen molar-refractivity contribution in [2.45, 2.75) is 103 Å². The number of carbonyl (C=O) groups is 2. The average molecular weight is 437 g/mol. The molecule has 6 heteroatoms. The van der Waals surface area contributed by atoms with Crippen LogP contribution in [0.25, 0.3) is 0 Å². The molecule has 0 aromatic heterocycles. The second kappa shape index (κ2) is 8.86. The van der Waals surface area contributed by atoms with Crippen molar-refractivity contribution in [1.82, 2.24) is 0 Å². The molecule has 0 aromatic carbocycles. The van der Waals surface area contributed by atoms with E-state index in [2.05, 4.69) is 20.4 Å². The normalized spacial score (nSPS) is 42.9. The predicted octanol–water partition coefficient (Wildman–Crippen LogP) is 4.45. The standard InChI is InChI=1S/C25H40O6/c1-14(2)18-9-11-24(6,30-16(4)26)22-20-13-15(3)19(28-8)10-12-25(7,31-17(5)27)23(29-20)21(18)22/h14,18-23H,3,9-13H2,1-2,4-8H3. The molecule has 3 fully saturated rings. The van der Waals surface area contributed by atoms with Gasteiger partial charge in [-0.05, 0) is 63.4 Å². The van der Waals surface area contributed by atoms with Crippen LogP contribution in [-0.2, 0) is 28.5 Å². The summed E-state index contributed by atoms with van der Waals surface area (Å²) in [6, 6.07) is 0. The van der Waals surface area contributed by atoms with E-state index in [1.165, 1.54) is 13.8 Å². The first kappa shape index (κ1) is 24.2. The third-order valence-electron chi connectivity index (χ3n) is 7.98. The van der Waals surface area contributed by atoms with Gasteiger partial charge >= 0.3 is 11.9 Å². The molecule has 6 nitrogen and oxygen atoms in total. The van der Waals surface area contributed by atoms with Gasteiger partial charge in [0.2, 0.25) is 0 Å². The van der Waals surface area contributed by atoms with Crippen molar-refractivity contribution in [3.8, 4) is 0 Å². The lowest BCUT2D eigenvalue weighted by molar-refractivity contribution is -0.181. The van der Waals surface area contributed by atoms with Crippen LogP contribution in [0.3, 0.4) is 0 Å². The molecule has 2 aliphatic heterocycles. The fourth-order valence-electron chi connectivity index (χ4n) is 6.73. The lowest BCUT2D eigenvalue weighted by Gasteiger charge is -2.50. The number of methoxy groups -OCH3 is 1. The van der Waals surface area contributed by atoms with Crippen molar-refractivity contribution in [2.75, 3.05) is 7.11 Å². The Kier molecular flexibility index (Phi) is 6.93. The fourth-order valence-corrected chi connectivity index (χ4v) is 6.73. The van der Waals surface area contributed by atoms with E-state index in [-0.39, 0.29) is 42.1 Å². The molecule has 0 aromatic rings. The minimum atomic E-state index is -0.785. The maximum absolute atomic E-state index is 12.1. The molecule has 3 rings (SSSR count). The fraction of sp³-hybridized carbons (Fsp3) is 0.840. The molecule has 0 amide bonds. The Bertz CT molecular complexity index is 717. The zero-order valence-electron chi connectivity index (χ0n) is 20.2. The van der Waals surface area contributed by atoms with Gasteiger partial charge in [-0.2, -0.15) is 0 Å². The van der Waals surface area contributed by atoms with Crippen molar-refractivity contribution < 1.29 is 28.5 Å². The molecular weight excluding hydrogens is 396 g/mol. The Morgan fingerprint density at radius 2 is 1.65 bits per heavy atom. The molecule has 1 saturated carbocycles. The molecule has 8 atom stereocenters. The molecule has 0 spiro atoms. The van der Waals surface area contributed by atoms with E-state index in [9.17, 15) is 9.59 Å². The summed E-state index contributed by atoms with van der Waals surface area (Å²) < 4.78 is 24.5. The van der Waals surface area contributed by atoms with Crippen LogP contribution in [0, 0.1) is 23.7 Å². The quantitative estimate of drug-likeness (QED) is 0.479. The monoisotopic (exact) mass is 436 g/mol. The second-order valence-electron chi connectivity index (χ2n) is 10.6. The van der Waals surface area contributed by atoms with Gasteiger partial charge in [0, 0.05) is 32.8 Å². The topological polar surface area (TPSA) is 71.1 Å². The van der Waals surface area contributed by atoms with Gasteiger partial charge in [0.15, 0.2) is 0 Å². The van der Waals surface area contributed by atoms with Gasteiger partial charge in [-0.1, -0.05) is 20.4 Å². The smallest absolute Gasteiger partial charge is 0.303 e. The maximum Gasteiger partial charge on any atom is 0.303 e. The first-order valence-corrected chi connectivity index (χ1v) is 11.7. The van der Waals surface area contributed by atoms with Crippen LogP contribution in [-0.4, -0.2) is 48.6 Å². The summed E-state index contributed by atoms with van der Waals surface area (Å²) in [4.78, 5) is 24.2. The Balaban J connectivity index is 2.13. The van der Waals surface area contributed by atoms with Crippen LogP contribution in [0.4, 0.5) is 0 Å². The highest BCUT2D eigenvalue weighted by molar-refractivity contribution is 5.67. The van der Waals surface area contributed by atoms with Gasteiger partial charge < -0.3 is 18.9 Å². The number of esters is 2. The largest absolute Gasteiger partial charge is 0.459 e. The van der Waals surface area contributed by atoms with Gasteiger partial charge in [-0.25, -0.2) is 0 Å². The Hall–Kier alpha value is -1.40. The van der Waals surface area contributed by atoms with Crippen molar-refractivity contribution in [3.05, 3.63) is 12.2 Å². The highest BCUT2D eigenvalue weighted by Crippen LogP contribution is 2.58. The van der Waals surface area contributed by atoms with E-state index < -0.39 is 11.2 Å². The summed E-state index contributed by atoms with van der Waals surface area (Å²) in [6.07, 6.45) is 3.18. The molecule has 0 N–H and O–H groups in total. The minimum absolute atomic E-state index is 0.00443. The first-order valence-electron chi connectivity index (χ1n) is 11.7. The maximum atomic E-state index is 12.1. The third-order valence-corrected chi connectivity index (χ3v) is 7.98. The van der Waals surface area contributed by atoms with E-state index in [0.29, 0.717) is 24.7 Å². The molecule has 8 unspecified atom stereocenters. The summed E-state index contributed by atoms with van der Waals surface area (Å²) in [5, 5.41) is 0. The number of carbonyl (C=O) groups excluding carboxylic acids is 2. The molecule has 176 valence electrons. The molecule has 0 radical (unpaired) electrons. The predicted molar refractivity (Wildman–Crippen MR) is 117 cm³/mol. The van der Waals surface area contributed by atoms with E-state index in [4.69, 9.17) is 18.9 Å². The number of rotatable bonds is 4. The van der Waals surface area contributed by atoms with Crippen LogP contribution in [0.5, 0.6) is 0 Å². The van der Waals surface area contributed by atoms with Gasteiger partial charge in [-0.3, -0.25) is 9.59 Å². The minimum Gasteiger partial charge on any atom is -0.459 e. The first-order chi connectivity index (χ1) is 14.4. The molecule has 31 heavy (non-hydrogen) atoms. The summed E-state index contributed by atoms with van der Waals surface area (Å²) in [7, 11) is 1.69. The van der Waals surface area contributed by atoms with Crippen LogP contribution in [0.2, 0.25) is 0 Å². The number of hydrogen-bond acceptors (Lipinski definition) is 6. The molecule has 2 saturated heterocycles. The van der Waals surface area contributed by atoms with Crippen LogP contribution in [0.15, 0.2) is 12.2 Å². The van der Waals surface area contributed by atoms with Gasteiger partial charge in [0.1, 0.15) is 17.3 Å². The Labute approximate surface area is 187 Å². The van der Waals surface area contributed by atoms with Gasteiger partial charge in [-0.15, -0.1) is 0 Å². The summed E-state index contributed by atoms with van der Waals surface area (Å²) in [5.74, 6) is 0.389. The van der Waals surface area contributed by atoms with Crippen LogP contribution >= 0.6 is 0 Å². The van der Waals surface area contributed by atoms with E-state index in [0.717, 1.165) is 24.8 Å². The van der Waals surface area contributed by atoms with E-state index in [1.807, 2.05) is 13.8 Å². The molecule has 3 aliphatic rings. The Morgan fingerprint density at radius 1 is 1.06 bits per heavy atom. The zero-order chi connectivity index (χ0) is 23.1. The van der Waals surface area contributed by atoms with Crippen molar-refractivity contribution >= 4 is 11.9 Å². The molecule has 2 heterocycles. The van der Waals surface area contributed by atoms with Crippen molar-refractivity contribution in [2.24, 2.45) is 23.7 Å².